The van der Waals surface area contributed by atoms with Crippen LogP contribution in [0.4, 0.5) is 14.5 Å². The van der Waals surface area contributed by atoms with Crippen LogP contribution in [0.5, 0.6) is 0 Å². The third-order valence-electron chi connectivity index (χ3n) is 3.17. The van der Waals surface area contributed by atoms with E-state index in [1.807, 2.05) is 0 Å². The molecule has 0 spiro atoms. The molecule has 9 heteroatoms. The number of amides is 1. The Morgan fingerprint density at radius 1 is 1.36 bits per heavy atom. The number of aliphatic imine (C=N–C) groups is 1. The Labute approximate surface area is 147 Å². The van der Waals surface area contributed by atoms with E-state index in [0.29, 0.717) is 5.56 Å². The van der Waals surface area contributed by atoms with Crippen molar-refractivity contribution in [1.29, 1.82) is 0 Å². The van der Waals surface area contributed by atoms with Gasteiger partial charge < -0.3 is 15.8 Å². The number of rotatable bonds is 5. The van der Waals surface area contributed by atoms with Crippen LogP contribution >= 0.6 is 11.6 Å². The molecule has 1 aromatic heterocycles. The highest BCUT2D eigenvalue weighted by atomic mass is 35.5. The fourth-order valence-electron chi connectivity index (χ4n) is 1.95. The molecule has 0 fully saturated rings. The van der Waals surface area contributed by atoms with Crippen molar-refractivity contribution in [2.75, 3.05) is 19.0 Å². The van der Waals surface area contributed by atoms with Gasteiger partial charge in [0, 0.05) is 25.4 Å². The second-order valence-electron chi connectivity index (χ2n) is 4.90. The molecule has 0 aliphatic heterocycles. The average Bonchev–Trinajstić information content (AvgIpc) is 2.57. The predicted molar refractivity (Wildman–Crippen MR) is 90.8 cm³/mol. The number of hydrogen-bond donors (Lipinski definition) is 2. The van der Waals surface area contributed by atoms with Crippen LogP contribution in [0.25, 0.3) is 0 Å². The predicted octanol–water partition coefficient (Wildman–Crippen LogP) is 2.77. The van der Waals surface area contributed by atoms with Crippen molar-refractivity contribution < 1.29 is 18.3 Å². The van der Waals surface area contributed by atoms with Gasteiger partial charge in [-0.2, -0.15) is 0 Å². The van der Waals surface area contributed by atoms with Gasteiger partial charge in [0.25, 0.3) is 11.9 Å². The van der Waals surface area contributed by atoms with E-state index in [1.165, 1.54) is 25.2 Å². The molecule has 0 aliphatic carbocycles. The average molecular weight is 369 g/mol. The van der Waals surface area contributed by atoms with Gasteiger partial charge in [-0.1, -0.05) is 11.6 Å². The van der Waals surface area contributed by atoms with Crippen molar-refractivity contribution in [1.82, 2.24) is 4.98 Å². The molecule has 2 aromatic rings. The molecular weight excluding hydrogens is 354 g/mol. The van der Waals surface area contributed by atoms with Crippen LogP contribution in [0.3, 0.4) is 0 Å². The molecule has 3 N–H and O–H groups in total. The summed E-state index contributed by atoms with van der Waals surface area (Å²) < 4.78 is 32.6. The molecule has 0 radical (unpaired) electrons. The molecule has 0 aliphatic rings. The number of halogens is 3. The smallest absolute Gasteiger partial charge is 0.281 e. The molecule has 0 atom stereocenters. The molecule has 0 unspecified atom stereocenters. The fourth-order valence-corrected chi connectivity index (χ4v) is 2.09. The molecular formula is C16H15ClF2N4O2. The van der Waals surface area contributed by atoms with Crippen LogP contribution in [0, 0.1) is 11.6 Å². The number of pyridine rings is 1. The minimum Gasteiger partial charge on any atom is -0.465 e. The monoisotopic (exact) mass is 368 g/mol. The summed E-state index contributed by atoms with van der Waals surface area (Å²) >= 11 is 5.60. The van der Waals surface area contributed by atoms with E-state index in [2.05, 4.69) is 15.3 Å². The summed E-state index contributed by atoms with van der Waals surface area (Å²) in [5.41, 5.74) is 5.56. The molecule has 6 nitrogen and oxygen atoms in total. The molecule has 1 heterocycles. The largest absolute Gasteiger partial charge is 0.465 e. The second kappa shape index (κ2) is 8.39. The highest BCUT2D eigenvalue weighted by Gasteiger charge is 2.15. The summed E-state index contributed by atoms with van der Waals surface area (Å²) in [4.78, 5) is 19.3. The van der Waals surface area contributed by atoms with E-state index < -0.39 is 23.2 Å². The van der Waals surface area contributed by atoms with Gasteiger partial charge >= 0.3 is 0 Å². The Balaban J connectivity index is 2.09. The highest BCUT2D eigenvalue weighted by molar-refractivity contribution is 6.30. The zero-order chi connectivity index (χ0) is 18.4. The van der Waals surface area contributed by atoms with Gasteiger partial charge in [-0.25, -0.2) is 18.8 Å². The lowest BCUT2D eigenvalue weighted by molar-refractivity contribution is 0.101. The van der Waals surface area contributed by atoms with Gasteiger partial charge in [-0.05, 0) is 29.8 Å². The number of carbonyl (C=O) groups excluding carboxylic acids is 1. The molecule has 25 heavy (non-hydrogen) atoms. The first kappa shape index (κ1) is 18.6. The zero-order valence-electron chi connectivity index (χ0n) is 13.2. The number of aromatic nitrogens is 1. The number of nitrogens with one attached hydrogen (secondary N) is 1. The zero-order valence-corrected chi connectivity index (χ0v) is 14.0. The standard InChI is InChI=1S/C16H15ClF2N4O2/c1-21-16(20)25-5-4-9-6-11(2-3-12(9)18)23-15(24)14-13(19)7-10(17)8-22-14/h2-3,6-8H,4-5H2,1H3,(H2,20,21)(H,23,24). The minimum atomic E-state index is -0.852. The van der Waals surface area contributed by atoms with Gasteiger partial charge in [0.1, 0.15) is 5.82 Å². The number of ether oxygens (including phenoxy) is 1. The van der Waals surface area contributed by atoms with Crippen LogP contribution in [0.1, 0.15) is 16.1 Å². The van der Waals surface area contributed by atoms with E-state index in [0.717, 1.165) is 12.3 Å². The van der Waals surface area contributed by atoms with E-state index in [-0.39, 0.29) is 29.8 Å². The van der Waals surface area contributed by atoms with Crippen LogP contribution in [0.2, 0.25) is 5.02 Å². The Bertz CT molecular complexity index is 815. The number of nitrogens with zero attached hydrogens (tertiary/aromatic N) is 2. The van der Waals surface area contributed by atoms with Crippen molar-refractivity contribution in [3.63, 3.8) is 0 Å². The van der Waals surface area contributed by atoms with Gasteiger partial charge in [-0.15, -0.1) is 0 Å². The Morgan fingerprint density at radius 2 is 2.12 bits per heavy atom. The van der Waals surface area contributed by atoms with E-state index in [4.69, 9.17) is 22.1 Å². The molecule has 1 aromatic carbocycles. The number of amidine groups is 1. The lowest BCUT2D eigenvalue weighted by Gasteiger charge is -2.09. The summed E-state index contributed by atoms with van der Waals surface area (Å²) in [7, 11) is 1.47. The lowest BCUT2D eigenvalue weighted by Crippen LogP contribution is -2.18. The van der Waals surface area contributed by atoms with Crippen molar-refractivity contribution in [2.24, 2.45) is 10.7 Å². The quantitative estimate of drug-likeness (QED) is 0.627. The Hall–Kier alpha value is -2.74. The van der Waals surface area contributed by atoms with Gasteiger partial charge in [-0.3, -0.25) is 4.79 Å². The molecule has 2 rings (SSSR count). The molecule has 0 bridgehead atoms. The van der Waals surface area contributed by atoms with Crippen LogP contribution in [-0.4, -0.2) is 30.6 Å². The summed E-state index contributed by atoms with van der Waals surface area (Å²) in [6.45, 7) is 0.116. The summed E-state index contributed by atoms with van der Waals surface area (Å²) in [5, 5.41) is 2.53. The Morgan fingerprint density at radius 3 is 2.80 bits per heavy atom. The maximum absolute atomic E-state index is 13.8. The Kier molecular flexibility index (Phi) is 6.24. The number of nitrogens with two attached hydrogens (primary N) is 1. The second-order valence-corrected chi connectivity index (χ2v) is 5.34. The van der Waals surface area contributed by atoms with Gasteiger partial charge in [0.05, 0.1) is 11.6 Å². The van der Waals surface area contributed by atoms with Crippen LogP contribution in [0.15, 0.2) is 35.5 Å². The highest BCUT2D eigenvalue weighted by Crippen LogP contribution is 2.18. The third-order valence-corrected chi connectivity index (χ3v) is 3.37. The maximum atomic E-state index is 13.8. The molecule has 0 saturated heterocycles. The van der Waals surface area contributed by atoms with Crippen molar-refractivity contribution in [3.05, 3.63) is 58.4 Å². The topological polar surface area (TPSA) is 89.6 Å². The summed E-state index contributed by atoms with van der Waals surface area (Å²) in [5.74, 6) is -2.09. The number of hydrogen-bond acceptors (Lipinski definition) is 4. The third kappa shape index (κ3) is 5.12. The fraction of sp³-hybridized carbons (Fsp3) is 0.188. The first-order valence-electron chi connectivity index (χ1n) is 7.16. The number of benzene rings is 1. The van der Waals surface area contributed by atoms with Gasteiger partial charge in [0.15, 0.2) is 11.5 Å². The number of anilines is 1. The first-order chi connectivity index (χ1) is 11.9. The maximum Gasteiger partial charge on any atom is 0.281 e. The van der Waals surface area contributed by atoms with E-state index in [1.54, 1.807) is 0 Å². The first-order valence-corrected chi connectivity index (χ1v) is 7.54. The van der Waals surface area contributed by atoms with Crippen LogP contribution < -0.4 is 11.1 Å². The SMILES string of the molecule is CN=C(N)OCCc1cc(NC(=O)c2ncc(Cl)cc2F)ccc1F. The van der Waals surface area contributed by atoms with Crippen molar-refractivity contribution >= 4 is 29.2 Å². The van der Waals surface area contributed by atoms with Crippen LogP contribution in [-0.2, 0) is 11.2 Å². The molecule has 1 amide bonds. The van der Waals surface area contributed by atoms with E-state index >= 15 is 0 Å². The molecule has 0 saturated carbocycles. The summed E-state index contributed by atoms with van der Waals surface area (Å²) in [6.07, 6.45) is 1.37. The van der Waals surface area contributed by atoms with Crippen molar-refractivity contribution in [2.45, 2.75) is 6.42 Å². The van der Waals surface area contributed by atoms with Crippen molar-refractivity contribution in [3.8, 4) is 0 Å². The molecule has 132 valence electrons. The minimum absolute atomic E-state index is 0.00541. The van der Waals surface area contributed by atoms with Gasteiger partial charge in [0.2, 0.25) is 0 Å². The number of carbonyl (C=O) groups is 1. The lowest BCUT2D eigenvalue weighted by atomic mass is 10.1. The van der Waals surface area contributed by atoms with E-state index in [9.17, 15) is 13.6 Å². The normalized spacial score (nSPS) is 11.3. The summed E-state index contributed by atoms with van der Waals surface area (Å²) in [6, 6.07) is 4.94.